The van der Waals surface area contributed by atoms with Crippen molar-refractivity contribution >= 4 is 22.7 Å². The molecule has 3 heterocycles. The minimum Gasteiger partial charge on any atom is -0.314 e. The van der Waals surface area contributed by atoms with E-state index >= 15 is 0 Å². The molecule has 0 aliphatic carbocycles. The van der Waals surface area contributed by atoms with Gasteiger partial charge in [-0.3, -0.25) is 19.6 Å². The number of benzene rings is 1. The Morgan fingerprint density at radius 3 is 2.84 bits per heavy atom. The van der Waals surface area contributed by atoms with E-state index in [4.69, 9.17) is 0 Å². The smallest absolute Gasteiger partial charge is 0.235 e. The lowest BCUT2D eigenvalue weighted by Gasteiger charge is -2.28. The van der Waals surface area contributed by atoms with Gasteiger partial charge in [0, 0.05) is 24.9 Å². The van der Waals surface area contributed by atoms with Crippen molar-refractivity contribution < 1.29 is 9.59 Å². The van der Waals surface area contributed by atoms with Crippen LogP contribution in [-0.4, -0.2) is 34.2 Å². The van der Waals surface area contributed by atoms with Crippen molar-refractivity contribution in [2.45, 2.75) is 50.5 Å². The summed E-state index contributed by atoms with van der Waals surface area (Å²) in [6, 6.07) is 7.05. The standard InChI is InChI=1S/C19H24N4O2/c1-11-9-13(7-8-20-11)12-3-4-14-16(10-12)23(2)22-18(14)15-5-6-17(24)21-19(15)25/h3-4,10-11,13,15,20H,5-9H2,1-2H3,(H,21,24,25)/t11-,13+,15?/m1/s1. The topological polar surface area (TPSA) is 76.0 Å². The average Bonchev–Trinajstić information content (AvgIpc) is 2.91. The molecule has 3 atom stereocenters. The molecule has 0 radical (unpaired) electrons. The summed E-state index contributed by atoms with van der Waals surface area (Å²) in [7, 11) is 1.92. The van der Waals surface area contributed by atoms with Gasteiger partial charge in [-0.25, -0.2) is 0 Å². The van der Waals surface area contributed by atoms with Crippen LogP contribution in [0, 0.1) is 0 Å². The summed E-state index contributed by atoms with van der Waals surface area (Å²) < 4.78 is 1.86. The summed E-state index contributed by atoms with van der Waals surface area (Å²) in [5, 5.41) is 11.6. The second kappa shape index (κ2) is 6.26. The Morgan fingerprint density at radius 1 is 1.24 bits per heavy atom. The van der Waals surface area contributed by atoms with Gasteiger partial charge in [0.05, 0.1) is 17.1 Å². The number of nitrogens with zero attached hydrogens (tertiary/aromatic N) is 2. The molecule has 0 bridgehead atoms. The van der Waals surface area contributed by atoms with E-state index in [9.17, 15) is 9.59 Å². The summed E-state index contributed by atoms with van der Waals surface area (Å²) in [6.07, 6.45) is 3.20. The molecule has 1 aromatic heterocycles. The van der Waals surface area contributed by atoms with Crippen LogP contribution in [0.25, 0.3) is 10.9 Å². The number of fused-ring (bicyclic) bond motifs is 1. The molecule has 1 unspecified atom stereocenters. The predicted octanol–water partition coefficient (Wildman–Crippen LogP) is 1.95. The number of amides is 2. The maximum Gasteiger partial charge on any atom is 0.235 e. The summed E-state index contributed by atoms with van der Waals surface area (Å²) in [6.45, 7) is 3.28. The van der Waals surface area contributed by atoms with Crippen LogP contribution in [0.15, 0.2) is 18.2 Å². The molecular formula is C19H24N4O2. The Labute approximate surface area is 147 Å². The fourth-order valence-corrected chi connectivity index (χ4v) is 4.20. The first-order valence-corrected chi connectivity index (χ1v) is 9.06. The molecule has 2 fully saturated rings. The van der Waals surface area contributed by atoms with E-state index in [1.807, 2.05) is 11.7 Å². The van der Waals surface area contributed by atoms with Gasteiger partial charge in [0.2, 0.25) is 11.8 Å². The van der Waals surface area contributed by atoms with Crippen molar-refractivity contribution in [3.8, 4) is 0 Å². The number of imide groups is 1. The number of hydrogen-bond donors (Lipinski definition) is 2. The number of carbonyl (C=O) groups is 2. The molecule has 2 saturated heterocycles. The summed E-state index contributed by atoms with van der Waals surface area (Å²) in [5.41, 5.74) is 3.19. The molecule has 2 amide bonds. The lowest BCUT2D eigenvalue weighted by Crippen LogP contribution is -2.39. The van der Waals surface area contributed by atoms with Crippen molar-refractivity contribution in [3.05, 3.63) is 29.5 Å². The van der Waals surface area contributed by atoms with E-state index in [2.05, 4.69) is 40.9 Å². The highest BCUT2D eigenvalue weighted by atomic mass is 16.2. The number of carbonyl (C=O) groups excluding carboxylic acids is 2. The minimum absolute atomic E-state index is 0.191. The van der Waals surface area contributed by atoms with E-state index in [0.717, 1.165) is 36.0 Å². The number of piperidine rings is 2. The molecular weight excluding hydrogens is 316 g/mol. The molecule has 2 aliphatic rings. The van der Waals surface area contributed by atoms with Gasteiger partial charge in [-0.05, 0) is 50.3 Å². The molecule has 132 valence electrons. The number of aryl methyl sites for hydroxylation is 1. The average molecular weight is 340 g/mol. The molecule has 2 aromatic rings. The fraction of sp³-hybridized carbons (Fsp3) is 0.526. The Kier molecular flexibility index (Phi) is 4.07. The number of rotatable bonds is 2. The Bertz CT molecular complexity index is 841. The molecule has 0 saturated carbocycles. The van der Waals surface area contributed by atoms with Gasteiger partial charge in [-0.2, -0.15) is 5.10 Å². The zero-order chi connectivity index (χ0) is 17.6. The van der Waals surface area contributed by atoms with Crippen molar-refractivity contribution in [2.75, 3.05) is 6.54 Å². The first-order valence-electron chi connectivity index (χ1n) is 9.06. The first kappa shape index (κ1) is 16.3. The second-order valence-electron chi connectivity index (χ2n) is 7.37. The van der Waals surface area contributed by atoms with E-state index in [-0.39, 0.29) is 17.7 Å². The quantitative estimate of drug-likeness (QED) is 0.820. The Morgan fingerprint density at radius 2 is 2.08 bits per heavy atom. The van der Waals surface area contributed by atoms with Crippen LogP contribution in [0.4, 0.5) is 0 Å². The zero-order valence-electron chi connectivity index (χ0n) is 14.7. The van der Waals surface area contributed by atoms with Crippen molar-refractivity contribution in [1.29, 1.82) is 0 Å². The van der Waals surface area contributed by atoms with Crippen LogP contribution in [0.5, 0.6) is 0 Å². The molecule has 4 rings (SSSR count). The van der Waals surface area contributed by atoms with Crippen LogP contribution < -0.4 is 10.6 Å². The number of hydrogen-bond acceptors (Lipinski definition) is 4. The molecule has 2 N–H and O–H groups in total. The Balaban J connectivity index is 1.69. The Hall–Kier alpha value is -2.21. The monoisotopic (exact) mass is 340 g/mol. The van der Waals surface area contributed by atoms with Gasteiger partial charge in [0.15, 0.2) is 0 Å². The molecule has 25 heavy (non-hydrogen) atoms. The molecule has 1 aromatic carbocycles. The van der Waals surface area contributed by atoms with Crippen molar-refractivity contribution in [3.63, 3.8) is 0 Å². The number of nitrogens with one attached hydrogen (secondary N) is 2. The lowest BCUT2D eigenvalue weighted by atomic mass is 9.86. The molecule has 6 heteroatoms. The van der Waals surface area contributed by atoms with Crippen LogP contribution in [0.2, 0.25) is 0 Å². The highest BCUT2D eigenvalue weighted by Gasteiger charge is 2.31. The van der Waals surface area contributed by atoms with Gasteiger partial charge in [-0.1, -0.05) is 12.1 Å². The third-order valence-electron chi connectivity index (χ3n) is 5.57. The maximum atomic E-state index is 12.2. The summed E-state index contributed by atoms with van der Waals surface area (Å²) in [4.78, 5) is 23.6. The third kappa shape index (κ3) is 2.95. The molecule has 0 spiro atoms. The van der Waals surface area contributed by atoms with Gasteiger partial charge >= 0.3 is 0 Å². The summed E-state index contributed by atoms with van der Waals surface area (Å²) >= 11 is 0. The van der Waals surface area contributed by atoms with Crippen LogP contribution >= 0.6 is 0 Å². The van der Waals surface area contributed by atoms with Gasteiger partial charge < -0.3 is 5.32 Å². The summed E-state index contributed by atoms with van der Waals surface area (Å²) in [5.74, 6) is -0.197. The SMILES string of the molecule is C[C@@H]1C[C@@H](c2ccc3c(C4CCC(=O)NC4=O)nn(C)c3c2)CCN1. The highest BCUT2D eigenvalue weighted by Crippen LogP contribution is 2.34. The normalized spacial score (nSPS) is 27.5. The number of aromatic nitrogens is 2. The first-order chi connectivity index (χ1) is 12.0. The van der Waals surface area contributed by atoms with Crippen molar-refractivity contribution in [1.82, 2.24) is 20.4 Å². The van der Waals surface area contributed by atoms with Gasteiger partial charge in [0.1, 0.15) is 0 Å². The van der Waals surface area contributed by atoms with Crippen LogP contribution in [-0.2, 0) is 16.6 Å². The fourth-order valence-electron chi connectivity index (χ4n) is 4.20. The second-order valence-corrected chi connectivity index (χ2v) is 7.37. The molecule has 6 nitrogen and oxygen atoms in total. The van der Waals surface area contributed by atoms with E-state index in [0.29, 0.717) is 24.8 Å². The van der Waals surface area contributed by atoms with Crippen LogP contribution in [0.3, 0.4) is 0 Å². The maximum absolute atomic E-state index is 12.2. The largest absolute Gasteiger partial charge is 0.314 e. The van der Waals surface area contributed by atoms with Crippen molar-refractivity contribution in [2.24, 2.45) is 7.05 Å². The zero-order valence-corrected chi connectivity index (χ0v) is 14.7. The molecule has 2 aliphatic heterocycles. The van der Waals surface area contributed by atoms with E-state index in [1.165, 1.54) is 5.56 Å². The van der Waals surface area contributed by atoms with E-state index in [1.54, 1.807) is 0 Å². The van der Waals surface area contributed by atoms with Gasteiger partial charge in [-0.15, -0.1) is 0 Å². The van der Waals surface area contributed by atoms with E-state index < -0.39 is 0 Å². The van der Waals surface area contributed by atoms with Gasteiger partial charge in [0.25, 0.3) is 0 Å². The highest BCUT2D eigenvalue weighted by molar-refractivity contribution is 6.02. The minimum atomic E-state index is -0.342. The third-order valence-corrected chi connectivity index (χ3v) is 5.57. The van der Waals surface area contributed by atoms with Crippen LogP contribution in [0.1, 0.15) is 55.7 Å². The lowest BCUT2D eigenvalue weighted by molar-refractivity contribution is -0.134. The predicted molar refractivity (Wildman–Crippen MR) is 95.3 cm³/mol.